The Labute approximate surface area is 123 Å². The Balaban J connectivity index is 2.17. The average Bonchev–Trinajstić information content (AvgIpc) is 2.51. The van der Waals surface area contributed by atoms with E-state index in [1.807, 2.05) is 13.8 Å². The largest absolute Gasteiger partial charge is 0.508 e. The molecule has 0 atom stereocenters. The van der Waals surface area contributed by atoms with E-state index in [2.05, 4.69) is 4.98 Å². The molecule has 0 bridgehead atoms. The van der Waals surface area contributed by atoms with Crippen LogP contribution >= 0.6 is 0 Å². The zero-order valence-electron chi connectivity index (χ0n) is 12.1. The number of amides is 1. The van der Waals surface area contributed by atoms with Crippen molar-refractivity contribution in [3.8, 4) is 17.2 Å². The lowest BCUT2D eigenvalue weighted by Gasteiger charge is -2.18. The lowest BCUT2D eigenvalue weighted by atomic mass is 10.3. The summed E-state index contributed by atoms with van der Waals surface area (Å²) < 4.78 is 5.65. The molecule has 0 aliphatic heterocycles. The quantitative estimate of drug-likeness (QED) is 0.917. The Bertz CT molecular complexity index is 607. The van der Waals surface area contributed by atoms with Gasteiger partial charge >= 0.3 is 0 Å². The molecule has 0 radical (unpaired) electrons. The number of benzene rings is 1. The van der Waals surface area contributed by atoms with E-state index < -0.39 is 0 Å². The molecule has 2 aromatic rings. The van der Waals surface area contributed by atoms with E-state index in [0.29, 0.717) is 30.3 Å². The molecule has 1 amide bonds. The van der Waals surface area contributed by atoms with Gasteiger partial charge in [-0.3, -0.25) is 9.78 Å². The third-order valence-corrected chi connectivity index (χ3v) is 3.07. The van der Waals surface area contributed by atoms with Crippen LogP contribution in [0.1, 0.15) is 24.3 Å². The van der Waals surface area contributed by atoms with Gasteiger partial charge in [0.25, 0.3) is 5.91 Å². The van der Waals surface area contributed by atoms with Crippen molar-refractivity contribution in [1.82, 2.24) is 9.88 Å². The summed E-state index contributed by atoms with van der Waals surface area (Å²) in [6.07, 6.45) is 1.55. The van der Waals surface area contributed by atoms with Crippen LogP contribution in [0, 0.1) is 0 Å². The van der Waals surface area contributed by atoms with Crippen LogP contribution < -0.4 is 4.74 Å². The fourth-order valence-electron chi connectivity index (χ4n) is 1.91. The first-order chi connectivity index (χ1) is 10.1. The van der Waals surface area contributed by atoms with Crippen LogP contribution in [0.25, 0.3) is 0 Å². The highest BCUT2D eigenvalue weighted by Crippen LogP contribution is 2.23. The van der Waals surface area contributed by atoms with Crippen LogP contribution in [0.2, 0.25) is 0 Å². The van der Waals surface area contributed by atoms with Crippen molar-refractivity contribution >= 4 is 5.91 Å². The first kappa shape index (κ1) is 14.8. The SMILES string of the molecule is CCN(CC)C(=O)c1cc(Oc2ccc(O)cc2)ccn1. The highest BCUT2D eigenvalue weighted by atomic mass is 16.5. The van der Waals surface area contributed by atoms with Gasteiger partial charge < -0.3 is 14.7 Å². The van der Waals surface area contributed by atoms with Gasteiger partial charge in [-0.25, -0.2) is 0 Å². The minimum absolute atomic E-state index is 0.115. The number of carbonyl (C=O) groups is 1. The van der Waals surface area contributed by atoms with E-state index in [1.165, 1.54) is 0 Å². The molecule has 1 heterocycles. The maximum atomic E-state index is 12.2. The fourth-order valence-corrected chi connectivity index (χ4v) is 1.91. The van der Waals surface area contributed by atoms with Crippen LogP contribution in [0.5, 0.6) is 17.2 Å². The molecule has 0 fully saturated rings. The smallest absolute Gasteiger partial charge is 0.272 e. The summed E-state index contributed by atoms with van der Waals surface area (Å²) in [5.41, 5.74) is 0.356. The Morgan fingerprint density at radius 1 is 1.14 bits per heavy atom. The van der Waals surface area contributed by atoms with Crippen molar-refractivity contribution in [3.63, 3.8) is 0 Å². The van der Waals surface area contributed by atoms with Gasteiger partial charge in [-0.05, 0) is 44.2 Å². The van der Waals surface area contributed by atoms with Crippen molar-refractivity contribution in [1.29, 1.82) is 0 Å². The number of aromatic nitrogens is 1. The number of nitrogens with zero attached hydrogens (tertiary/aromatic N) is 2. The second kappa shape index (κ2) is 6.74. The van der Waals surface area contributed by atoms with Crippen LogP contribution in [-0.2, 0) is 0 Å². The summed E-state index contributed by atoms with van der Waals surface area (Å²) in [6, 6.07) is 9.69. The third-order valence-electron chi connectivity index (χ3n) is 3.07. The Morgan fingerprint density at radius 3 is 2.43 bits per heavy atom. The molecule has 0 spiro atoms. The molecule has 21 heavy (non-hydrogen) atoms. The number of carbonyl (C=O) groups excluding carboxylic acids is 1. The van der Waals surface area contributed by atoms with Gasteiger partial charge in [0.15, 0.2) is 0 Å². The highest BCUT2D eigenvalue weighted by Gasteiger charge is 2.14. The molecule has 0 saturated heterocycles. The van der Waals surface area contributed by atoms with Crippen molar-refractivity contribution < 1.29 is 14.6 Å². The molecule has 5 nitrogen and oxygen atoms in total. The predicted molar refractivity (Wildman–Crippen MR) is 79.7 cm³/mol. The Morgan fingerprint density at radius 2 is 1.81 bits per heavy atom. The summed E-state index contributed by atoms with van der Waals surface area (Å²) in [6.45, 7) is 5.14. The average molecular weight is 286 g/mol. The van der Waals surface area contributed by atoms with Crippen molar-refractivity contribution in [3.05, 3.63) is 48.3 Å². The highest BCUT2D eigenvalue weighted by molar-refractivity contribution is 5.92. The zero-order chi connectivity index (χ0) is 15.2. The normalized spacial score (nSPS) is 10.2. The first-order valence-electron chi connectivity index (χ1n) is 6.86. The number of pyridine rings is 1. The molecule has 110 valence electrons. The summed E-state index contributed by atoms with van der Waals surface area (Å²) in [4.78, 5) is 18.0. The van der Waals surface area contributed by atoms with Crippen LogP contribution in [-0.4, -0.2) is 34.0 Å². The van der Waals surface area contributed by atoms with E-state index in [0.717, 1.165) is 0 Å². The van der Waals surface area contributed by atoms with Gasteiger partial charge in [0.1, 0.15) is 22.9 Å². The maximum absolute atomic E-state index is 12.2. The monoisotopic (exact) mass is 286 g/mol. The van der Waals surface area contributed by atoms with Crippen molar-refractivity contribution in [2.75, 3.05) is 13.1 Å². The second-order valence-electron chi connectivity index (χ2n) is 4.45. The number of phenolic OH excluding ortho intramolecular Hbond substituents is 1. The predicted octanol–water partition coefficient (Wildman–Crippen LogP) is 3.06. The summed E-state index contributed by atoms with van der Waals surface area (Å²) in [5, 5.41) is 9.24. The molecule has 5 heteroatoms. The summed E-state index contributed by atoms with van der Waals surface area (Å²) in [5.74, 6) is 1.18. The molecule has 2 rings (SSSR count). The lowest BCUT2D eigenvalue weighted by molar-refractivity contribution is 0.0766. The minimum Gasteiger partial charge on any atom is -0.508 e. The molecular weight excluding hydrogens is 268 g/mol. The molecule has 0 aliphatic rings. The second-order valence-corrected chi connectivity index (χ2v) is 4.45. The fraction of sp³-hybridized carbons (Fsp3) is 0.250. The third kappa shape index (κ3) is 3.72. The molecular formula is C16H18N2O3. The van der Waals surface area contributed by atoms with E-state index in [4.69, 9.17) is 4.74 Å². The number of phenols is 1. The van der Waals surface area contributed by atoms with Gasteiger partial charge in [0.05, 0.1) is 0 Å². The topological polar surface area (TPSA) is 62.7 Å². The van der Waals surface area contributed by atoms with E-state index in [-0.39, 0.29) is 11.7 Å². The number of hydrogen-bond donors (Lipinski definition) is 1. The summed E-state index contributed by atoms with van der Waals surface area (Å²) >= 11 is 0. The molecule has 0 aliphatic carbocycles. The number of ether oxygens (including phenoxy) is 1. The Hall–Kier alpha value is -2.56. The van der Waals surface area contributed by atoms with E-state index in [1.54, 1.807) is 47.5 Å². The van der Waals surface area contributed by atoms with Crippen molar-refractivity contribution in [2.24, 2.45) is 0 Å². The van der Waals surface area contributed by atoms with Gasteiger partial charge in [-0.2, -0.15) is 0 Å². The van der Waals surface area contributed by atoms with Crippen LogP contribution in [0.3, 0.4) is 0 Å². The molecule has 0 saturated carbocycles. The minimum atomic E-state index is -0.115. The Kier molecular flexibility index (Phi) is 4.77. The maximum Gasteiger partial charge on any atom is 0.272 e. The summed E-state index contributed by atoms with van der Waals surface area (Å²) in [7, 11) is 0. The number of aromatic hydroxyl groups is 1. The molecule has 1 aromatic heterocycles. The lowest BCUT2D eigenvalue weighted by Crippen LogP contribution is -2.31. The molecule has 1 N–H and O–H groups in total. The number of hydrogen-bond acceptors (Lipinski definition) is 4. The zero-order valence-corrected chi connectivity index (χ0v) is 12.1. The van der Waals surface area contributed by atoms with Gasteiger partial charge in [-0.15, -0.1) is 0 Å². The van der Waals surface area contributed by atoms with Gasteiger partial charge in [-0.1, -0.05) is 0 Å². The van der Waals surface area contributed by atoms with Gasteiger partial charge in [0, 0.05) is 25.4 Å². The standard InChI is InChI=1S/C16H18N2O3/c1-3-18(4-2)16(20)15-11-14(9-10-17-15)21-13-7-5-12(19)6-8-13/h5-11,19H,3-4H2,1-2H3. The molecule has 0 unspecified atom stereocenters. The van der Waals surface area contributed by atoms with E-state index >= 15 is 0 Å². The van der Waals surface area contributed by atoms with Crippen LogP contribution in [0.4, 0.5) is 0 Å². The van der Waals surface area contributed by atoms with Crippen molar-refractivity contribution in [2.45, 2.75) is 13.8 Å². The molecule has 1 aromatic carbocycles. The van der Waals surface area contributed by atoms with Crippen LogP contribution in [0.15, 0.2) is 42.6 Å². The van der Waals surface area contributed by atoms with E-state index in [9.17, 15) is 9.90 Å². The first-order valence-corrected chi connectivity index (χ1v) is 6.86. The number of rotatable bonds is 5. The van der Waals surface area contributed by atoms with Gasteiger partial charge in [0.2, 0.25) is 0 Å².